The summed E-state index contributed by atoms with van der Waals surface area (Å²) in [4.78, 5) is 30.6. The minimum atomic E-state index is -0.864. The highest BCUT2D eigenvalue weighted by molar-refractivity contribution is 5.71. The molecule has 1 aromatic rings. The van der Waals surface area contributed by atoms with Gasteiger partial charge in [0.15, 0.2) is 0 Å². The summed E-state index contributed by atoms with van der Waals surface area (Å²) in [5, 5.41) is 19.8. The number of carbonyl (C=O) groups is 1. The Bertz CT molecular complexity index is 550. The molecule has 0 radical (unpaired) electrons. The molecule has 0 aliphatic carbocycles. The minimum Gasteiger partial charge on any atom is -0.481 e. The monoisotopic (exact) mass is 281 g/mol. The van der Waals surface area contributed by atoms with Crippen LogP contribution < -0.4 is 10.6 Å². The first-order chi connectivity index (χ1) is 9.38. The summed E-state index contributed by atoms with van der Waals surface area (Å²) >= 11 is 0. The van der Waals surface area contributed by atoms with Crippen LogP contribution in [-0.2, 0) is 4.79 Å². The lowest BCUT2D eigenvalue weighted by molar-refractivity contribution is -0.384. The molecule has 0 bridgehead atoms. The van der Waals surface area contributed by atoms with Crippen LogP contribution in [0, 0.1) is 22.0 Å². The predicted molar refractivity (Wildman–Crippen MR) is 70.2 cm³/mol. The molecule has 9 nitrogen and oxygen atoms in total. The Morgan fingerprint density at radius 3 is 2.85 bits per heavy atom. The second-order valence-corrected chi connectivity index (χ2v) is 4.98. The van der Waals surface area contributed by atoms with Crippen LogP contribution in [0.2, 0.25) is 0 Å². The van der Waals surface area contributed by atoms with Crippen molar-refractivity contribution in [1.82, 2.24) is 9.97 Å². The van der Waals surface area contributed by atoms with Crippen LogP contribution in [0.1, 0.15) is 13.3 Å². The van der Waals surface area contributed by atoms with E-state index in [0.717, 1.165) is 6.20 Å². The lowest BCUT2D eigenvalue weighted by atomic mass is 9.91. The molecule has 1 aliphatic rings. The number of piperidine rings is 1. The molecule has 1 aromatic heterocycles. The Labute approximate surface area is 114 Å². The molecule has 2 heterocycles. The number of nitrogens with two attached hydrogens (primary N) is 1. The van der Waals surface area contributed by atoms with Gasteiger partial charge in [0.05, 0.1) is 10.8 Å². The van der Waals surface area contributed by atoms with Crippen molar-refractivity contribution in [3.63, 3.8) is 0 Å². The molecule has 108 valence electrons. The molecule has 2 rings (SSSR count). The first-order valence-electron chi connectivity index (χ1n) is 6.13. The van der Waals surface area contributed by atoms with Crippen molar-refractivity contribution >= 4 is 23.4 Å². The van der Waals surface area contributed by atoms with Gasteiger partial charge in [0.2, 0.25) is 11.8 Å². The molecule has 2 atom stereocenters. The highest BCUT2D eigenvalue weighted by atomic mass is 16.6. The van der Waals surface area contributed by atoms with E-state index in [0.29, 0.717) is 13.0 Å². The fourth-order valence-corrected chi connectivity index (χ4v) is 2.37. The third-order valence-electron chi connectivity index (χ3n) is 3.27. The fraction of sp³-hybridized carbons (Fsp3) is 0.545. The molecule has 0 saturated carbocycles. The molecule has 2 unspecified atom stereocenters. The second-order valence-electron chi connectivity index (χ2n) is 4.98. The molecule has 3 N–H and O–H groups in total. The van der Waals surface area contributed by atoms with Crippen LogP contribution in [0.15, 0.2) is 6.20 Å². The Kier molecular flexibility index (Phi) is 3.68. The molecule has 1 aliphatic heterocycles. The van der Waals surface area contributed by atoms with Gasteiger partial charge in [-0.15, -0.1) is 0 Å². The van der Waals surface area contributed by atoms with Gasteiger partial charge < -0.3 is 15.7 Å². The molecule has 0 amide bonds. The SMILES string of the molecule is CC1CC(C(=O)O)CN(c2ncc([N+](=O)[O-])c(N)n2)C1. The topological polar surface area (TPSA) is 135 Å². The van der Waals surface area contributed by atoms with E-state index in [4.69, 9.17) is 10.8 Å². The number of carboxylic acids is 1. The van der Waals surface area contributed by atoms with Crippen LogP contribution in [0.5, 0.6) is 0 Å². The number of aromatic nitrogens is 2. The van der Waals surface area contributed by atoms with Crippen LogP contribution in [0.25, 0.3) is 0 Å². The third-order valence-corrected chi connectivity index (χ3v) is 3.27. The number of nitro groups is 1. The number of hydrogen-bond donors (Lipinski definition) is 2. The molecule has 1 saturated heterocycles. The number of carboxylic acid groups (broad SMARTS) is 1. The maximum absolute atomic E-state index is 11.1. The summed E-state index contributed by atoms with van der Waals surface area (Å²) in [7, 11) is 0. The molecule has 0 spiro atoms. The van der Waals surface area contributed by atoms with Gasteiger partial charge in [-0.1, -0.05) is 6.92 Å². The first kappa shape index (κ1) is 14.0. The number of rotatable bonds is 3. The zero-order valence-corrected chi connectivity index (χ0v) is 10.9. The standard InChI is InChI=1S/C11H15N5O4/c1-6-2-7(10(17)18)5-15(4-6)11-13-3-8(16(19)20)9(12)14-11/h3,6-7H,2,4-5H2,1H3,(H,17,18)(H2,12,13,14). The van der Waals surface area contributed by atoms with E-state index in [2.05, 4.69) is 9.97 Å². The van der Waals surface area contributed by atoms with Gasteiger partial charge in [-0.25, -0.2) is 4.98 Å². The summed E-state index contributed by atoms with van der Waals surface area (Å²) in [5.74, 6) is -1.18. The lowest BCUT2D eigenvalue weighted by Gasteiger charge is -2.34. The van der Waals surface area contributed by atoms with E-state index in [1.165, 1.54) is 0 Å². The Hall–Kier alpha value is -2.45. The Morgan fingerprint density at radius 1 is 1.60 bits per heavy atom. The zero-order chi connectivity index (χ0) is 14.9. The van der Waals surface area contributed by atoms with Crippen molar-refractivity contribution in [3.05, 3.63) is 16.3 Å². The predicted octanol–water partition coefficient (Wildman–Crippen LogP) is 0.514. The van der Waals surface area contributed by atoms with Crippen molar-refractivity contribution in [2.24, 2.45) is 11.8 Å². The van der Waals surface area contributed by atoms with Gasteiger partial charge in [0.25, 0.3) is 0 Å². The Morgan fingerprint density at radius 2 is 2.30 bits per heavy atom. The van der Waals surface area contributed by atoms with E-state index >= 15 is 0 Å². The van der Waals surface area contributed by atoms with E-state index in [9.17, 15) is 14.9 Å². The van der Waals surface area contributed by atoms with Crippen LogP contribution >= 0.6 is 0 Å². The van der Waals surface area contributed by atoms with Gasteiger partial charge in [-0.2, -0.15) is 4.98 Å². The largest absolute Gasteiger partial charge is 0.481 e. The number of nitrogen functional groups attached to an aromatic ring is 1. The van der Waals surface area contributed by atoms with Crippen molar-refractivity contribution in [2.75, 3.05) is 23.7 Å². The summed E-state index contributed by atoms with van der Waals surface area (Å²) in [6.45, 7) is 2.81. The van der Waals surface area contributed by atoms with Gasteiger partial charge >= 0.3 is 11.7 Å². The average molecular weight is 281 g/mol. The van der Waals surface area contributed by atoms with Crippen molar-refractivity contribution in [3.8, 4) is 0 Å². The Balaban J connectivity index is 2.24. The van der Waals surface area contributed by atoms with E-state index in [1.54, 1.807) is 4.90 Å². The van der Waals surface area contributed by atoms with Gasteiger partial charge in [0, 0.05) is 13.1 Å². The number of aliphatic carboxylic acids is 1. The van der Waals surface area contributed by atoms with E-state index < -0.39 is 16.8 Å². The lowest BCUT2D eigenvalue weighted by Crippen LogP contribution is -2.43. The second kappa shape index (κ2) is 5.27. The minimum absolute atomic E-state index is 0.171. The first-order valence-corrected chi connectivity index (χ1v) is 6.13. The summed E-state index contributed by atoms with van der Waals surface area (Å²) in [6.07, 6.45) is 1.64. The highest BCUT2D eigenvalue weighted by Gasteiger charge is 2.31. The van der Waals surface area contributed by atoms with Gasteiger partial charge in [-0.05, 0) is 12.3 Å². The van der Waals surface area contributed by atoms with E-state index in [1.807, 2.05) is 6.92 Å². The molecule has 9 heteroatoms. The van der Waals surface area contributed by atoms with E-state index in [-0.39, 0.29) is 29.9 Å². The van der Waals surface area contributed by atoms with Gasteiger partial charge in [-0.3, -0.25) is 14.9 Å². The maximum atomic E-state index is 11.1. The van der Waals surface area contributed by atoms with Crippen molar-refractivity contribution in [1.29, 1.82) is 0 Å². The molecule has 0 aromatic carbocycles. The molecule has 1 fully saturated rings. The highest BCUT2D eigenvalue weighted by Crippen LogP contribution is 2.26. The normalized spacial score (nSPS) is 22.6. The number of anilines is 2. The molecular weight excluding hydrogens is 266 g/mol. The summed E-state index contributed by atoms with van der Waals surface area (Å²) in [6, 6.07) is 0. The van der Waals surface area contributed by atoms with Crippen LogP contribution in [0.3, 0.4) is 0 Å². The van der Waals surface area contributed by atoms with Crippen LogP contribution in [-0.4, -0.2) is 39.1 Å². The summed E-state index contributed by atoms with van der Waals surface area (Å²) in [5.41, 5.74) is 5.17. The van der Waals surface area contributed by atoms with Crippen LogP contribution in [0.4, 0.5) is 17.5 Å². The fourth-order valence-electron chi connectivity index (χ4n) is 2.37. The third kappa shape index (κ3) is 2.76. The average Bonchev–Trinajstić information content (AvgIpc) is 2.37. The van der Waals surface area contributed by atoms with Crippen molar-refractivity contribution < 1.29 is 14.8 Å². The van der Waals surface area contributed by atoms with Crippen molar-refractivity contribution in [2.45, 2.75) is 13.3 Å². The number of hydrogen-bond acceptors (Lipinski definition) is 7. The smallest absolute Gasteiger partial charge is 0.329 e. The van der Waals surface area contributed by atoms with Gasteiger partial charge in [0.1, 0.15) is 6.20 Å². The zero-order valence-electron chi connectivity index (χ0n) is 10.9. The maximum Gasteiger partial charge on any atom is 0.329 e. The molecular formula is C11H15N5O4. The number of nitrogens with zero attached hydrogens (tertiary/aromatic N) is 4. The summed E-state index contributed by atoms with van der Waals surface area (Å²) < 4.78 is 0. The molecule has 20 heavy (non-hydrogen) atoms. The quantitative estimate of drug-likeness (QED) is 0.604.